The summed E-state index contributed by atoms with van der Waals surface area (Å²) in [6.07, 6.45) is 7.11. The van der Waals surface area contributed by atoms with Crippen molar-refractivity contribution in [1.82, 2.24) is 5.32 Å². The van der Waals surface area contributed by atoms with Crippen molar-refractivity contribution in [2.24, 2.45) is 5.92 Å². The van der Waals surface area contributed by atoms with E-state index in [1.54, 1.807) is 0 Å². The van der Waals surface area contributed by atoms with Crippen LogP contribution in [0, 0.1) is 5.92 Å². The molecular weight excluding hydrogens is 214 g/mol. The molecule has 96 valence electrons. The molecule has 1 atom stereocenters. The van der Waals surface area contributed by atoms with Crippen molar-refractivity contribution in [3.63, 3.8) is 0 Å². The molecule has 0 aromatic heterocycles. The number of hydrogen-bond donors (Lipinski definition) is 1. The maximum atomic E-state index is 3.66. The van der Waals surface area contributed by atoms with Crippen LogP contribution in [0.5, 0.6) is 0 Å². The summed E-state index contributed by atoms with van der Waals surface area (Å²) < 4.78 is 0. The van der Waals surface area contributed by atoms with Crippen LogP contribution >= 0.6 is 11.8 Å². The van der Waals surface area contributed by atoms with Gasteiger partial charge in [-0.1, -0.05) is 26.7 Å². The molecule has 2 heteroatoms. The Balaban J connectivity index is 2.08. The fraction of sp³-hybridized carbons (Fsp3) is 1.00. The van der Waals surface area contributed by atoms with Gasteiger partial charge in [-0.15, -0.1) is 0 Å². The summed E-state index contributed by atoms with van der Waals surface area (Å²) in [7, 11) is 0. The third-order valence-corrected chi connectivity index (χ3v) is 5.24. The Morgan fingerprint density at radius 1 is 1.31 bits per heavy atom. The van der Waals surface area contributed by atoms with Crippen LogP contribution in [0.2, 0.25) is 0 Å². The van der Waals surface area contributed by atoms with Gasteiger partial charge in [-0.2, -0.15) is 11.8 Å². The van der Waals surface area contributed by atoms with Gasteiger partial charge in [0.2, 0.25) is 0 Å². The maximum Gasteiger partial charge on any atom is 0.0144 e. The summed E-state index contributed by atoms with van der Waals surface area (Å²) in [4.78, 5) is 0. The van der Waals surface area contributed by atoms with E-state index in [0.717, 1.165) is 17.7 Å². The molecule has 1 fully saturated rings. The molecule has 0 aromatic rings. The zero-order valence-corrected chi connectivity index (χ0v) is 12.3. The van der Waals surface area contributed by atoms with Crippen LogP contribution in [-0.4, -0.2) is 23.1 Å². The van der Waals surface area contributed by atoms with Gasteiger partial charge in [-0.25, -0.2) is 0 Å². The van der Waals surface area contributed by atoms with Crippen molar-refractivity contribution in [1.29, 1.82) is 0 Å². The van der Waals surface area contributed by atoms with E-state index in [-0.39, 0.29) is 0 Å². The lowest BCUT2D eigenvalue weighted by molar-refractivity contribution is 0.379. The van der Waals surface area contributed by atoms with Crippen LogP contribution in [-0.2, 0) is 0 Å². The van der Waals surface area contributed by atoms with Crippen molar-refractivity contribution >= 4 is 11.8 Å². The highest BCUT2D eigenvalue weighted by molar-refractivity contribution is 7.99. The summed E-state index contributed by atoms with van der Waals surface area (Å²) in [6, 6.07) is 0. The molecule has 1 rings (SSSR count). The lowest BCUT2D eigenvalue weighted by Crippen LogP contribution is -2.41. The van der Waals surface area contributed by atoms with Gasteiger partial charge < -0.3 is 5.32 Å². The molecule has 1 nitrogen and oxygen atoms in total. The SMILES string of the molecule is CCC(C)(C)NCC(C)SCC1CCCC1. The molecule has 0 saturated heterocycles. The third-order valence-electron chi connectivity index (χ3n) is 3.84. The van der Waals surface area contributed by atoms with Gasteiger partial charge in [0, 0.05) is 17.3 Å². The monoisotopic (exact) mass is 243 g/mol. The molecular formula is C14H29NS. The van der Waals surface area contributed by atoms with Crippen LogP contribution < -0.4 is 5.32 Å². The minimum absolute atomic E-state index is 0.308. The van der Waals surface area contributed by atoms with Gasteiger partial charge in [0.1, 0.15) is 0 Å². The molecule has 0 amide bonds. The lowest BCUT2D eigenvalue weighted by atomic mass is 10.0. The second-order valence-electron chi connectivity index (χ2n) is 5.91. The first-order valence-electron chi connectivity index (χ1n) is 6.90. The number of thioether (sulfide) groups is 1. The Bertz CT molecular complexity index is 185. The van der Waals surface area contributed by atoms with E-state index in [4.69, 9.17) is 0 Å². The average Bonchev–Trinajstić information content (AvgIpc) is 2.76. The summed E-state index contributed by atoms with van der Waals surface area (Å²) in [5, 5.41) is 4.42. The normalized spacial score (nSPS) is 20.2. The Morgan fingerprint density at radius 3 is 2.50 bits per heavy atom. The van der Waals surface area contributed by atoms with E-state index in [1.807, 2.05) is 0 Å². The minimum Gasteiger partial charge on any atom is -0.311 e. The highest BCUT2D eigenvalue weighted by atomic mass is 32.2. The maximum absolute atomic E-state index is 3.66. The van der Waals surface area contributed by atoms with Crippen LogP contribution in [0.15, 0.2) is 0 Å². The first-order chi connectivity index (χ1) is 7.53. The zero-order chi connectivity index (χ0) is 12.0. The van der Waals surface area contributed by atoms with Crippen molar-refractivity contribution in [3.8, 4) is 0 Å². The minimum atomic E-state index is 0.308. The Kier molecular flexibility index (Phi) is 6.20. The quantitative estimate of drug-likeness (QED) is 0.723. The molecule has 0 radical (unpaired) electrons. The van der Waals surface area contributed by atoms with E-state index >= 15 is 0 Å². The molecule has 1 aliphatic carbocycles. The summed E-state index contributed by atoms with van der Waals surface area (Å²) in [5.41, 5.74) is 0.308. The standard InChI is InChI=1S/C14H29NS/c1-5-14(3,4)15-10-12(2)16-11-13-8-6-7-9-13/h12-13,15H,5-11H2,1-4H3. The first-order valence-corrected chi connectivity index (χ1v) is 7.95. The number of nitrogens with one attached hydrogen (secondary N) is 1. The number of hydrogen-bond acceptors (Lipinski definition) is 2. The molecule has 16 heavy (non-hydrogen) atoms. The first kappa shape index (κ1) is 14.4. The van der Waals surface area contributed by atoms with Gasteiger partial charge in [0.05, 0.1) is 0 Å². The highest BCUT2D eigenvalue weighted by Gasteiger charge is 2.18. The van der Waals surface area contributed by atoms with Crippen molar-refractivity contribution < 1.29 is 0 Å². The van der Waals surface area contributed by atoms with Crippen LogP contribution in [0.3, 0.4) is 0 Å². The predicted molar refractivity (Wildman–Crippen MR) is 76.3 cm³/mol. The molecule has 0 bridgehead atoms. The van der Waals surface area contributed by atoms with Gasteiger partial charge in [-0.3, -0.25) is 0 Å². The topological polar surface area (TPSA) is 12.0 Å². The second-order valence-corrected chi connectivity index (χ2v) is 7.38. The fourth-order valence-electron chi connectivity index (χ4n) is 2.08. The zero-order valence-electron chi connectivity index (χ0n) is 11.5. The fourth-order valence-corrected chi connectivity index (χ4v) is 3.22. The Labute approximate surface area is 106 Å². The third kappa shape index (κ3) is 5.58. The van der Waals surface area contributed by atoms with E-state index in [1.165, 1.54) is 37.9 Å². The molecule has 1 unspecified atom stereocenters. The van der Waals surface area contributed by atoms with Crippen LogP contribution in [0.1, 0.15) is 59.8 Å². The number of rotatable bonds is 7. The lowest BCUT2D eigenvalue weighted by Gasteiger charge is -2.26. The Hall–Kier alpha value is 0.310. The molecule has 1 aliphatic rings. The molecule has 0 aromatic carbocycles. The summed E-state index contributed by atoms with van der Waals surface area (Å²) in [6.45, 7) is 10.3. The second kappa shape index (κ2) is 6.90. The molecule has 1 N–H and O–H groups in total. The van der Waals surface area contributed by atoms with Crippen molar-refractivity contribution in [2.75, 3.05) is 12.3 Å². The summed E-state index contributed by atoms with van der Waals surface area (Å²) in [5.74, 6) is 2.40. The molecule has 0 aliphatic heterocycles. The molecule has 0 heterocycles. The van der Waals surface area contributed by atoms with E-state index in [9.17, 15) is 0 Å². The predicted octanol–water partition coefficient (Wildman–Crippen LogP) is 4.08. The van der Waals surface area contributed by atoms with E-state index < -0.39 is 0 Å². The smallest absolute Gasteiger partial charge is 0.0144 e. The van der Waals surface area contributed by atoms with Crippen molar-refractivity contribution in [2.45, 2.75) is 70.6 Å². The Morgan fingerprint density at radius 2 is 1.94 bits per heavy atom. The van der Waals surface area contributed by atoms with Gasteiger partial charge in [-0.05, 0) is 44.8 Å². The van der Waals surface area contributed by atoms with Gasteiger partial charge >= 0.3 is 0 Å². The van der Waals surface area contributed by atoms with Gasteiger partial charge in [0.25, 0.3) is 0 Å². The van der Waals surface area contributed by atoms with E-state index in [2.05, 4.69) is 44.8 Å². The van der Waals surface area contributed by atoms with Gasteiger partial charge in [0.15, 0.2) is 0 Å². The molecule has 1 saturated carbocycles. The largest absolute Gasteiger partial charge is 0.311 e. The van der Waals surface area contributed by atoms with E-state index in [0.29, 0.717) is 5.54 Å². The van der Waals surface area contributed by atoms with Crippen LogP contribution in [0.25, 0.3) is 0 Å². The summed E-state index contributed by atoms with van der Waals surface area (Å²) >= 11 is 2.16. The van der Waals surface area contributed by atoms with Crippen molar-refractivity contribution in [3.05, 3.63) is 0 Å². The average molecular weight is 243 g/mol. The highest BCUT2D eigenvalue weighted by Crippen LogP contribution is 2.29. The van der Waals surface area contributed by atoms with Crippen LogP contribution in [0.4, 0.5) is 0 Å². The molecule has 0 spiro atoms.